The fraction of sp³-hybridized carbons (Fsp3) is 0. The molecule has 0 radical (unpaired) electrons. The van der Waals surface area contributed by atoms with E-state index in [0.717, 1.165) is 22.3 Å². The molecule has 1 N–H and O–H groups in total. The molecule has 0 aliphatic carbocycles. The highest BCUT2D eigenvalue weighted by atomic mass is 35.5. The quantitative estimate of drug-likeness (QED) is 0.603. The zero-order valence-electron chi connectivity index (χ0n) is 13.8. The Morgan fingerprint density at radius 2 is 1.73 bits per heavy atom. The van der Waals surface area contributed by atoms with E-state index in [-0.39, 0.29) is 5.56 Å². The molecule has 0 fully saturated rings. The van der Waals surface area contributed by atoms with Gasteiger partial charge >= 0.3 is 5.97 Å². The molecule has 0 bridgehead atoms. The number of carbonyl (C=O) groups is 1. The van der Waals surface area contributed by atoms with Crippen molar-refractivity contribution in [1.29, 1.82) is 0 Å². The molecule has 0 unspecified atom stereocenters. The molecule has 0 spiro atoms. The van der Waals surface area contributed by atoms with Gasteiger partial charge in [-0.2, -0.15) is 0 Å². The molecule has 0 aromatic heterocycles. The summed E-state index contributed by atoms with van der Waals surface area (Å²) in [5.41, 5.74) is 4.20. The zero-order chi connectivity index (χ0) is 18.4. The number of benzene rings is 3. The second kappa shape index (κ2) is 8.20. The van der Waals surface area contributed by atoms with Crippen molar-refractivity contribution < 1.29 is 9.90 Å². The predicted molar refractivity (Wildman–Crippen MR) is 106 cm³/mol. The lowest BCUT2D eigenvalue weighted by atomic mass is 9.99. The Bertz CT molecular complexity index is 1020. The predicted octanol–water partition coefficient (Wildman–Crippen LogP) is 5.77. The molecule has 126 valence electrons. The van der Waals surface area contributed by atoms with Crippen molar-refractivity contribution in [1.82, 2.24) is 0 Å². The van der Waals surface area contributed by atoms with Crippen LogP contribution >= 0.6 is 11.6 Å². The van der Waals surface area contributed by atoms with Crippen LogP contribution < -0.4 is 0 Å². The van der Waals surface area contributed by atoms with Crippen molar-refractivity contribution in [3.05, 3.63) is 101 Å². The molecular weight excluding hydrogens is 344 g/mol. The average Bonchev–Trinajstić information content (AvgIpc) is 2.66. The average molecular weight is 359 g/mol. The minimum Gasteiger partial charge on any atom is -0.478 e. The van der Waals surface area contributed by atoms with Gasteiger partial charge in [-0.25, -0.2) is 4.79 Å². The second-order valence-electron chi connectivity index (χ2n) is 5.58. The molecule has 0 heterocycles. The molecule has 0 amide bonds. The second-order valence-corrected chi connectivity index (χ2v) is 6.02. The van der Waals surface area contributed by atoms with E-state index in [1.165, 1.54) is 0 Å². The lowest BCUT2D eigenvalue weighted by molar-refractivity contribution is 0.0697. The van der Waals surface area contributed by atoms with Crippen LogP contribution in [0.3, 0.4) is 0 Å². The molecule has 0 saturated carbocycles. The summed E-state index contributed by atoms with van der Waals surface area (Å²) in [6.07, 6.45) is 3.74. The Morgan fingerprint density at radius 1 is 0.962 bits per heavy atom. The van der Waals surface area contributed by atoms with E-state index < -0.39 is 5.97 Å². The van der Waals surface area contributed by atoms with Crippen LogP contribution in [0.4, 0.5) is 0 Å². The van der Waals surface area contributed by atoms with Crippen molar-refractivity contribution in [2.24, 2.45) is 0 Å². The maximum atomic E-state index is 10.8. The normalized spacial score (nSPS) is 10.3. The smallest absolute Gasteiger partial charge is 0.335 e. The Labute approximate surface area is 157 Å². The number of carboxylic acid groups (broad SMARTS) is 1. The standard InChI is InChI=1S/C23H15ClO2/c24-21-10-5-9-20(16-21)22-11-4-3-8-18(22)7-2-1-6-17-12-14-19(15-13-17)23(25)26/h2-5,7-16H,(H,25,26). The molecule has 0 saturated heterocycles. The van der Waals surface area contributed by atoms with Crippen LogP contribution in [0.15, 0.2) is 78.9 Å². The number of aromatic carboxylic acids is 1. The third-order valence-corrected chi connectivity index (χ3v) is 4.03. The van der Waals surface area contributed by atoms with Gasteiger partial charge in [-0.15, -0.1) is 0 Å². The van der Waals surface area contributed by atoms with E-state index in [4.69, 9.17) is 16.7 Å². The minimum atomic E-state index is -0.943. The van der Waals surface area contributed by atoms with Crippen molar-refractivity contribution in [3.8, 4) is 23.0 Å². The molecule has 3 aromatic rings. The first kappa shape index (κ1) is 17.5. The number of halogens is 1. The summed E-state index contributed by atoms with van der Waals surface area (Å²) < 4.78 is 0. The van der Waals surface area contributed by atoms with Gasteiger partial charge < -0.3 is 5.11 Å². The number of hydrogen-bond donors (Lipinski definition) is 1. The number of allylic oxidation sites excluding steroid dienone is 1. The molecule has 26 heavy (non-hydrogen) atoms. The number of rotatable bonds is 3. The van der Waals surface area contributed by atoms with Crippen LogP contribution in [0.5, 0.6) is 0 Å². The Morgan fingerprint density at radius 3 is 2.46 bits per heavy atom. The van der Waals surface area contributed by atoms with Gasteiger partial charge in [-0.05, 0) is 65.2 Å². The highest BCUT2D eigenvalue weighted by molar-refractivity contribution is 6.30. The van der Waals surface area contributed by atoms with E-state index >= 15 is 0 Å². The molecule has 2 nitrogen and oxygen atoms in total. The third-order valence-electron chi connectivity index (χ3n) is 3.79. The molecule has 3 heteroatoms. The molecule has 0 atom stereocenters. The van der Waals surface area contributed by atoms with Crippen LogP contribution in [0.25, 0.3) is 17.2 Å². The Kier molecular flexibility index (Phi) is 5.53. The lowest BCUT2D eigenvalue weighted by Gasteiger charge is -2.06. The van der Waals surface area contributed by atoms with Gasteiger partial charge in [0.1, 0.15) is 0 Å². The number of hydrogen-bond acceptors (Lipinski definition) is 1. The first-order valence-corrected chi connectivity index (χ1v) is 8.38. The van der Waals surface area contributed by atoms with Crippen molar-refractivity contribution >= 4 is 23.6 Å². The van der Waals surface area contributed by atoms with Gasteiger partial charge in [0.2, 0.25) is 0 Å². The summed E-state index contributed by atoms with van der Waals surface area (Å²) in [5, 5.41) is 9.60. The molecule has 0 aliphatic heterocycles. The Balaban J connectivity index is 1.81. The maximum absolute atomic E-state index is 10.8. The lowest BCUT2D eigenvalue weighted by Crippen LogP contribution is -1.94. The third kappa shape index (κ3) is 4.42. The van der Waals surface area contributed by atoms with Crippen LogP contribution in [-0.4, -0.2) is 11.1 Å². The van der Waals surface area contributed by atoms with Gasteiger partial charge in [-0.1, -0.05) is 59.8 Å². The number of carboxylic acids is 1. The molecular formula is C23H15ClO2. The summed E-state index contributed by atoms with van der Waals surface area (Å²) in [4.78, 5) is 10.8. The maximum Gasteiger partial charge on any atom is 0.335 e. The van der Waals surface area contributed by atoms with E-state index in [1.54, 1.807) is 30.3 Å². The van der Waals surface area contributed by atoms with E-state index in [9.17, 15) is 4.79 Å². The highest BCUT2D eigenvalue weighted by Crippen LogP contribution is 2.26. The first-order chi connectivity index (χ1) is 12.6. The fourth-order valence-electron chi connectivity index (χ4n) is 2.51. The molecule has 0 aliphatic rings. The summed E-state index contributed by atoms with van der Waals surface area (Å²) in [6.45, 7) is 0. The topological polar surface area (TPSA) is 37.3 Å². The summed E-state index contributed by atoms with van der Waals surface area (Å²) in [6, 6.07) is 22.3. The summed E-state index contributed by atoms with van der Waals surface area (Å²) in [7, 11) is 0. The van der Waals surface area contributed by atoms with E-state index in [1.807, 2.05) is 54.6 Å². The van der Waals surface area contributed by atoms with Gasteiger partial charge in [-0.3, -0.25) is 0 Å². The van der Waals surface area contributed by atoms with Crippen molar-refractivity contribution in [3.63, 3.8) is 0 Å². The fourth-order valence-corrected chi connectivity index (χ4v) is 2.70. The van der Waals surface area contributed by atoms with E-state index in [2.05, 4.69) is 11.8 Å². The van der Waals surface area contributed by atoms with Gasteiger partial charge in [0.25, 0.3) is 0 Å². The van der Waals surface area contributed by atoms with Crippen LogP contribution in [0, 0.1) is 11.8 Å². The van der Waals surface area contributed by atoms with Gasteiger partial charge in [0, 0.05) is 10.6 Å². The highest BCUT2D eigenvalue weighted by Gasteiger charge is 2.02. The first-order valence-electron chi connectivity index (χ1n) is 8.00. The molecule has 3 aromatic carbocycles. The Hall–Kier alpha value is -3.28. The minimum absolute atomic E-state index is 0.251. The van der Waals surface area contributed by atoms with Crippen molar-refractivity contribution in [2.75, 3.05) is 0 Å². The van der Waals surface area contributed by atoms with Gasteiger partial charge in [0.15, 0.2) is 0 Å². The zero-order valence-corrected chi connectivity index (χ0v) is 14.6. The summed E-state index contributed by atoms with van der Waals surface area (Å²) in [5.74, 6) is 5.04. The van der Waals surface area contributed by atoms with Crippen molar-refractivity contribution in [2.45, 2.75) is 0 Å². The van der Waals surface area contributed by atoms with Gasteiger partial charge in [0.05, 0.1) is 5.56 Å². The summed E-state index contributed by atoms with van der Waals surface area (Å²) >= 11 is 6.10. The largest absolute Gasteiger partial charge is 0.478 e. The van der Waals surface area contributed by atoms with Crippen LogP contribution in [0.2, 0.25) is 5.02 Å². The monoisotopic (exact) mass is 358 g/mol. The SMILES string of the molecule is O=C(O)c1ccc(C#CC=Cc2ccccc2-c2cccc(Cl)c2)cc1. The van der Waals surface area contributed by atoms with E-state index in [0.29, 0.717) is 5.02 Å². The molecule has 3 rings (SSSR count). The van der Waals surface area contributed by atoms with Crippen LogP contribution in [-0.2, 0) is 0 Å². The van der Waals surface area contributed by atoms with Crippen LogP contribution in [0.1, 0.15) is 21.5 Å².